The van der Waals surface area contributed by atoms with Gasteiger partial charge in [0.05, 0.1) is 11.5 Å². The maximum Gasteiger partial charge on any atom is 0.217 e. The van der Waals surface area contributed by atoms with Crippen LogP contribution in [0, 0.1) is 0 Å². The second kappa shape index (κ2) is 5.22. The number of halogens is 4. The van der Waals surface area contributed by atoms with E-state index >= 15 is 0 Å². The van der Waals surface area contributed by atoms with Gasteiger partial charge in [0.25, 0.3) is 0 Å². The van der Waals surface area contributed by atoms with Gasteiger partial charge in [-0.15, -0.1) is 11.6 Å². The fourth-order valence-corrected chi connectivity index (χ4v) is 2.52. The van der Waals surface area contributed by atoms with Crippen LogP contribution >= 0.6 is 46.4 Å². The third kappa shape index (κ3) is 3.14. The van der Waals surface area contributed by atoms with E-state index in [1.54, 1.807) is 0 Å². The van der Waals surface area contributed by atoms with Gasteiger partial charge in [-0.05, 0) is 12.8 Å². The summed E-state index contributed by atoms with van der Waals surface area (Å²) in [5, 5.41) is -0.283. The minimum Gasteiger partial charge on any atom is -0.367 e. The molecule has 1 aliphatic rings. The standard InChI is InChI=1S/C8H10Cl4O2/c9-6-5(3-1-2-4-13)14-7(6)8(10,11)12/h4-7H,1-3H2. The highest BCUT2D eigenvalue weighted by Crippen LogP contribution is 2.44. The van der Waals surface area contributed by atoms with Crippen molar-refractivity contribution < 1.29 is 9.53 Å². The Kier molecular flexibility index (Phi) is 4.79. The zero-order valence-electron chi connectivity index (χ0n) is 7.26. The molecule has 0 spiro atoms. The van der Waals surface area contributed by atoms with E-state index in [-0.39, 0.29) is 11.5 Å². The SMILES string of the molecule is O=CCCCC1OC(C(Cl)(Cl)Cl)C1Cl. The zero-order valence-corrected chi connectivity index (χ0v) is 10.3. The summed E-state index contributed by atoms with van der Waals surface area (Å²) in [5.41, 5.74) is 0. The first-order chi connectivity index (χ1) is 6.46. The summed E-state index contributed by atoms with van der Waals surface area (Å²) in [6.45, 7) is 0. The smallest absolute Gasteiger partial charge is 0.217 e. The predicted octanol–water partition coefficient (Wildman–Crippen LogP) is 3.10. The molecular formula is C8H10Cl4O2. The Balaban J connectivity index is 2.26. The van der Waals surface area contributed by atoms with Crippen LogP contribution < -0.4 is 0 Å². The Bertz CT molecular complexity index is 204. The minimum absolute atomic E-state index is 0.0998. The molecule has 0 aliphatic carbocycles. The Morgan fingerprint density at radius 2 is 2.00 bits per heavy atom. The van der Waals surface area contributed by atoms with Crippen molar-refractivity contribution in [3.8, 4) is 0 Å². The van der Waals surface area contributed by atoms with Gasteiger partial charge in [-0.2, -0.15) is 0 Å². The van der Waals surface area contributed by atoms with E-state index in [1.807, 2.05) is 0 Å². The molecule has 14 heavy (non-hydrogen) atoms. The van der Waals surface area contributed by atoms with Crippen molar-refractivity contribution in [1.29, 1.82) is 0 Å². The molecule has 3 atom stereocenters. The second-order valence-electron chi connectivity index (χ2n) is 3.18. The Morgan fingerprint density at radius 3 is 2.43 bits per heavy atom. The summed E-state index contributed by atoms with van der Waals surface area (Å²) < 4.78 is 3.85. The number of hydrogen-bond donors (Lipinski definition) is 0. The van der Waals surface area contributed by atoms with E-state index in [0.717, 1.165) is 19.1 Å². The first kappa shape index (κ1) is 12.9. The number of alkyl halides is 4. The number of carbonyl (C=O) groups is 1. The molecule has 1 saturated heterocycles. The van der Waals surface area contributed by atoms with E-state index in [2.05, 4.69) is 0 Å². The zero-order chi connectivity index (χ0) is 10.8. The number of hydrogen-bond acceptors (Lipinski definition) is 2. The lowest BCUT2D eigenvalue weighted by Crippen LogP contribution is -2.56. The first-order valence-electron chi connectivity index (χ1n) is 4.26. The van der Waals surface area contributed by atoms with Crippen LogP contribution in [0.3, 0.4) is 0 Å². The molecule has 0 amide bonds. The Labute approximate surface area is 103 Å². The van der Waals surface area contributed by atoms with Crippen molar-refractivity contribution in [1.82, 2.24) is 0 Å². The van der Waals surface area contributed by atoms with E-state index in [9.17, 15) is 4.79 Å². The predicted molar refractivity (Wildman–Crippen MR) is 58.5 cm³/mol. The molecule has 1 fully saturated rings. The lowest BCUT2D eigenvalue weighted by atomic mass is 10.00. The van der Waals surface area contributed by atoms with Crippen LogP contribution in [-0.2, 0) is 9.53 Å². The van der Waals surface area contributed by atoms with Gasteiger partial charge in [-0.1, -0.05) is 34.8 Å². The van der Waals surface area contributed by atoms with Crippen LogP contribution in [0.2, 0.25) is 0 Å². The minimum atomic E-state index is -1.46. The molecule has 0 saturated carbocycles. The lowest BCUT2D eigenvalue weighted by molar-refractivity contribution is -0.120. The largest absolute Gasteiger partial charge is 0.367 e. The topological polar surface area (TPSA) is 26.3 Å². The normalized spacial score (nSPS) is 32.4. The van der Waals surface area contributed by atoms with Crippen LogP contribution in [0.5, 0.6) is 0 Å². The highest BCUT2D eigenvalue weighted by molar-refractivity contribution is 6.68. The average molecular weight is 280 g/mol. The van der Waals surface area contributed by atoms with Crippen molar-refractivity contribution in [3.05, 3.63) is 0 Å². The van der Waals surface area contributed by atoms with Crippen LogP contribution in [0.1, 0.15) is 19.3 Å². The molecule has 1 rings (SSSR count). The second-order valence-corrected chi connectivity index (χ2v) is 6.05. The highest BCUT2D eigenvalue weighted by atomic mass is 35.6. The molecule has 1 heterocycles. The van der Waals surface area contributed by atoms with E-state index in [4.69, 9.17) is 51.1 Å². The molecule has 2 nitrogen and oxygen atoms in total. The lowest BCUT2D eigenvalue weighted by Gasteiger charge is -2.44. The maximum absolute atomic E-state index is 10.1. The quantitative estimate of drug-likeness (QED) is 0.449. The molecule has 82 valence electrons. The van der Waals surface area contributed by atoms with Crippen molar-refractivity contribution >= 4 is 52.7 Å². The van der Waals surface area contributed by atoms with Crippen LogP contribution in [0.25, 0.3) is 0 Å². The monoisotopic (exact) mass is 278 g/mol. The fraction of sp³-hybridized carbons (Fsp3) is 0.875. The van der Waals surface area contributed by atoms with E-state index < -0.39 is 9.90 Å². The van der Waals surface area contributed by atoms with Gasteiger partial charge >= 0.3 is 0 Å². The van der Waals surface area contributed by atoms with Crippen molar-refractivity contribution in [3.63, 3.8) is 0 Å². The van der Waals surface area contributed by atoms with E-state index in [1.165, 1.54) is 0 Å². The number of unbranched alkanes of at least 4 members (excludes halogenated alkanes) is 1. The third-order valence-corrected chi connectivity index (χ3v) is 3.25. The third-order valence-electron chi connectivity index (χ3n) is 2.10. The van der Waals surface area contributed by atoms with Gasteiger partial charge in [0, 0.05) is 6.42 Å². The van der Waals surface area contributed by atoms with Gasteiger partial charge in [0.15, 0.2) is 0 Å². The van der Waals surface area contributed by atoms with Gasteiger partial charge in [0.2, 0.25) is 3.79 Å². The Hall–Kier alpha value is 0.790. The molecule has 0 bridgehead atoms. The molecule has 0 aromatic carbocycles. The summed E-state index contributed by atoms with van der Waals surface area (Å²) in [6, 6.07) is 0. The molecule has 0 radical (unpaired) electrons. The fourth-order valence-electron chi connectivity index (χ4n) is 1.33. The Morgan fingerprint density at radius 1 is 1.36 bits per heavy atom. The van der Waals surface area contributed by atoms with Crippen molar-refractivity contribution in [2.75, 3.05) is 0 Å². The van der Waals surface area contributed by atoms with Crippen molar-refractivity contribution in [2.45, 2.75) is 40.6 Å². The van der Waals surface area contributed by atoms with Crippen LogP contribution in [0.4, 0.5) is 0 Å². The molecule has 6 heteroatoms. The number of rotatable bonds is 4. The number of carbonyl (C=O) groups excluding carboxylic acids is 1. The molecular weight excluding hydrogens is 270 g/mol. The van der Waals surface area contributed by atoms with Crippen LogP contribution in [-0.4, -0.2) is 27.7 Å². The summed E-state index contributed by atoms with van der Waals surface area (Å²) in [6.07, 6.45) is 2.22. The van der Waals surface area contributed by atoms with Crippen LogP contribution in [0.15, 0.2) is 0 Å². The number of ether oxygens (including phenoxy) is 1. The number of aldehydes is 1. The maximum atomic E-state index is 10.1. The van der Waals surface area contributed by atoms with Gasteiger partial charge in [-0.3, -0.25) is 0 Å². The molecule has 0 N–H and O–H groups in total. The van der Waals surface area contributed by atoms with Crippen molar-refractivity contribution in [2.24, 2.45) is 0 Å². The molecule has 0 aromatic rings. The summed E-state index contributed by atoms with van der Waals surface area (Å²) in [5.74, 6) is 0. The van der Waals surface area contributed by atoms with Gasteiger partial charge < -0.3 is 9.53 Å². The highest BCUT2D eigenvalue weighted by Gasteiger charge is 2.51. The summed E-state index contributed by atoms with van der Waals surface area (Å²) in [4.78, 5) is 10.1. The molecule has 1 aliphatic heterocycles. The summed E-state index contributed by atoms with van der Waals surface area (Å²) >= 11 is 22.8. The van der Waals surface area contributed by atoms with Gasteiger partial charge in [-0.25, -0.2) is 0 Å². The molecule has 0 aromatic heterocycles. The summed E-state index contributed by atoms with van der Waals surface area (Å²) in [7, 11) is 0. The van der Waals surface area contributed by atoms with E-state index in [0.29, 0.717) is 6.42 Å². The van der Waals surface area contributed by atoms with Gasteiger partial charge in [0.1, 0.15) is 12.4 Å². The molecule has 3 unspecified atom stereocenters. The first-order valence-corrected chi connectivity index (χ1v) is 5.83. The average Bonchev–Trinajstić information content (AvgIpc) is 2.07.